The molecule has 0 spiro atoms. The maximum Gasteiger partial charge on any atom is 0.416 e. The zero-order valence-electron chi connectivity index (χ0n) is 18.6. The Hall–Kier alpha value is -3.29. The molecule has 2 aromatic carbocycles. The third kappa shape index (κ3) is 6.47. The molecule has 0 bridgehead atoms. The van der Waals surface area contributed by atoms with Gasteiger partial charge in [0.05, 0.1) is 24.8 Å². The van der Waals surface area contributed by atoms with E-state index in [0.29, 0.717) is 16.6 Å². The summed E-state index contributed by atoms with van der Waals surface area (Å²) in [5, 5.41) is 4.83. The van der Waals surface area contributed by atoms with Gasteiger partial charge in [-0.25, -0.2) is 13.6 Å². The van der Waals surface area contributed by atoms with Crippen LogP contribution in [0.3, 0.4) is 0 Å². The number of esters is 1. The van der Waals surface area contributed by atoms with Gasteiger partial charge in [-0.2, -0.15) is 13.2 Å². The minimum atomic E-state index is -4.92. The number of rotatable bonds is 7. The number of aromatic nitrogens is 1. The van der Waals surface area contributed by atoms with Gasteiger partial charge < -0.3 is 15.4 Å². The lowest BCUT2D eigenvalue weighted by molar-refractivity contribution is -0.142. The molecule has 3 aromatic rings. The topological polar surface area (TPSA) is 80.3 Å². The number of benzene rings is 2. The Labute approximate surface area is 216 Å². The van der Waals surface area contributed by atoms with E-state index in [1.54, 1.807) is 6.07 Å². The number of methoxy groups -OCH3 is 1. The van der Waals surface area contributed by atoms with Gasteiger partial charge in [-0.15, -0.1) is 0 Å². The molecule has 190 valence electrons. The summed E-state index contributed by atoms with van der Waals surface area (Å²) in [5.74, 6) is -2.81. The van der Waals surface area contributed by atoms with Crippen molar-refractivity contribution >= 4 is 40.3 Å². The first-order valence-corrected chi connectivity index (χ1v) is 11.8. The average molecular weight is 619 g/mol. The first-order valence-electron chi connectivity index (χ1n) is 10.3. The minimum absolute atomic E-state index is 0.0305. The van der Waals surface area contributed by atoms with E-state index in [-0.39, 0.29) is 11.4 Å². The van der Waals surface area contributed by atoms with Gasteiger partial charge in [-0.1, -0.05) is 34.7 Å². The summed E-state index contributed by atoms with van der Waals surface area (Å²) in [7, 11) is 1.05. The summed E-state index contributed by atoms with van der Waals surface area (Å²) in [6, 6.07) is 8.58. The number of carbonyl (C=O) groups excluding carboxylic acids is 2. The third-order valence-electron chi connectivity index (χ3n) is 5.18. The van der Waals surface area contributed by atoms with Crippen molar-refractivity contribution in [2.75, 3.05) is 12.4 Å². The Bertz CT molecular complexity index is 1250. The van der Waals surface area contributed by atoms with Crippen molar-refractivity contribution < 1.29 is 36.3 Å². The van der Waals surface area contributed by atoms with Crippen LogP contribution in [-0.4, -0.2) is 24.1 Å². The molecule has 1 aromatic heterocycles. The van der Waals surface area contributed by atoms with E-state index in [1.807, 2.05) is 0 Å². The number of nitrogens with one attached hydrogen (secondary N) is 2. The van der Waals surface area contributed by atoms with Crippen LogP contribution in [0.1, 0.15) is 28.8 Å². The number of hydrogen-bond donors (Lipinski definition) is 2. The van der Waals surface area contributed by atoms with Crippen molar-refractivity contribution in [3.05, 3.63) is 94.8 Å². The fourth-order valence-corrected chi connectivity index (χ4v) is 3.94. The van der Waals surface area contributed by atoms with Gasteiger partial charge >= 0.3 is 18.2 Å². The Kier molecular flexibility index (Phi) is 8.48. The van der Waals surface area contributed by atoms with Gasteiger partial charge in [0, 0.05) is 16.3 Å². The third-order valence-corrected chi connectivity index (χ3v) is 6.06. The van der Waals surface area contributed by atoms with Crippen LogP contribution in [0.15, 0.2) is 60.8 Å². The van der Waals surface area contributed by atoms with Crippen LogP contribution in [0.25, 0.3) is 0 Å². The van der Waals surface area contributed by atoms with Crippen molar-refractivity contribution in [1.29, 1.82) is 0 Å². The SMILES string of the molecule is COC(=O)C[C@](NC(=O)Nc1cccc(F)c1)(c1cc(F)cc(C(F)(F)F)c1)c1ccc(CI)cn1. The van der Waals surface area contributed by atoms with Crippen LogP contribution in [0.5, 0.6) is 0 Å². The molecule has 0 saturated carbocycles. The lowest BCUT2D eigenvalue weighted by atomic mass is 9.82. The predicted molar refractivity (Wildman–Crippen MR) is 129 cm³/mol. The van der Waals surface area contributed by atoms with Crippen molar-refractivity contribution in [1.82, 2.24) is 10.3 Å². The summed E-state index contributed by atoms with van der Waals surface area (Å²) in [4.78, 5) is 29.7. The number of nitrogens with zero attached hydrogens (tertiary/aromatic N) is 1. The fourth-order valence-electron chi connectivity index (χ4n) is 3.49. The van der Waals surface area contributed by atoms with Crippen LogP contribution in [-0.2, 0) is 25.7 Å². The van der Waals surface area contributed by atoms with E-state index in [0.717, 1.165) is 30.9 Å². The molecule has 0 radical (unpaired) electrons. The molecule has 36 heavy (non-hydrogen) atoms. The summed E-state index contributed by atoms with van der Waals surface area (Å²) in [5.41, 5.74) is -3.08. The number of carbonyl (C=O) groups is 2. The largest absolute Gasteiger partial charge is 0.469 e. The molecule has 1 atom stereocenters. The zero-order valence-corrected chi connectivity index (χ0v) is 20.8. The number of anilines is 1. The summed E-state index contributed by atoms with van der Waals surface area (Å²) in [6.07, 6.45) is -4.22. The maximum absolute atomic E-state index is 14.5. The smallest absolute Gasteiger partial charge is 0.416 e. The number of halogens is 6. The van der Waals surface area contributed by atoms with E-state index in [2.05, 4.69) is 38.2 Å². The van der Waals surface area contributed by atoms with E-state index in [4.69, 9.17) is 4.74 Å². The molecule has 0 fully saturated rings. The summed E-state index contributed by atoms with van der Waals surface area (Å²) < 4.78 is 74.0. The molecule has 0 aliphatic rings. The highest BCUT2D eigenvalue weighted by Gasteiger charge is 2.42. The second-order valence-corrected chi connectivity index (χ2v) is 8.42. The zero-order chi connectivity index (χ0) is 26.5. The second kappa shape index (κ2) is 11.2. The normalized spacial score (nSPS) is 13.0. The van der Waals surface area contributed by atoms with Crippen molar-refractivity contribution in [2.24, 2.45) is 0 Å². The summed E-state index contributed by atoms with van der Waals surface area (Å²) in [6.45, 7) is 0. The van der Waals surface area contributed by atoms with Crippen LogP contribution in [0.2, 0.25) is 0 Å². The number of ether oxygens (including phenoxy) is 1. The van der Waals surface area contributed by atoms with Gasteiger partial charge in [-0.3, -0.25) is 9.78 Å². The molecule has 1 heterocycles. The standard InChI is InChI=1S/C24H19F5IN3O3/c1-36-21(34)11-23(20-6-5-14(12-30)13-31-20,15-7-16(24(27,28)29)9-18(26)8-15)33-22(35)32-19-4-2-3-17(25)10-19/h2-10,13H,11-12H2,1H3,(H2,32,33,35)/t23-/m0/s1. The van der Waals surface area contributed by atoms with Gasteiger partial charge in [0.15, 0.2) is 0 Å². The van der Waals surface area contributed by atoms with Gasteiger partial charge in [0.1, 0.15) is 17.2 Å². The number of pyridine rings is 1. The van der Waals surface area contributed by atoms with Crippen molar-refractivity contribution in [3.63, 3.8) is 0 Å². The molecule has 0 aliphatic heterocycles. The van der Waals surface area contributed by atoms with Crippen LogP contribution in [0.4, 0.5) is 32.4 Å². The first kappa shape index (κ1) is 27.3. The van der Waals surface area contributed by atoms with Crippen LogP contribution in [0, 0.1) is 11.6 Å². The lowest BCUT2D eigenvalue weighted by Gasteiger charge is -2.34. The molecule has 0 unspecified atom stereocenters. The Morgan fingerprint density at radius 3 is 2.31 bits per heavy atom. The second-order valence-electron chi connectivity index (χ2n) is 7.66. The molecule has 2 N–H and O–H groups in total. The van der Waals surface area contributed by atoms with E-state index in [1.165, 1.54) is 24.4 Å². The molecular formula is C24H19F5IN3O3. The average Bonchev–Trinajstić information content (AvgIpc) is 2.82. The van der Waals surface area contributed by atoms with E-state index >= 15 is 0 Å². The van der Waals surface area contributed by atoms with Gasteiger partial charge in [0.2, 0.25) is 0 Å². The fraction of sp³-hybridized carbons (Fsp3) is 0.208. The molecule has 2 amide bonds. The van der Waals surface area contributed by atoms with Crippen molar-refractivity contribution in [3.8, 4) is 0 Å². The molecule has 3 rings (SSSR count). The molecule has 12 heteroatoms. The molecular weight excluding hydrogens is 600 g/mol. The highest BCUT2D eigenvalue weighted by Crippen LogP contribution is 2.38. The van der Waals surface area contributed by atoms with E-state index < -0.39 is 52.9 Å². The minimum Gasteiger partial charge on any atom is -0.469 e. The molecule has 0 saturated heterocycles. The highest BCUT2D eigenvalue weighted by molar-refractivity contribution is 14.1. The van der Waals surface area contributed by atoms with Gasteiger partial charge in [0.25, 0.3) is 0 Å². The number of alkyl halides is 4. The van der Waals surface area contributed by atoms with Crippen molar-refractivity contribution in [2.45, 2.75) is 22.6 Å². The number of amides is 2. The Morgan fingerprint density at radius 1 is 1.00 bits per heavy atom. The predicted octanol–water partition coefficient (Wildman–Crippen LogP) is 5.94. The summed E-state index contributed by atoms with van der Waals surface area (Å²) >= 11 is 2.08. The van der Waals surface area contributed by atoms with Crippen LogP contribution >= 0.6 is 22.6 Å². The van der Waals surface area contributed by atoms with Crippen LogP contribution < -0.4 is 10.6 Å². The highest BCUT2D eigenvalue weighted by atomic mass is 127. The quantitative estimate of drug-likeness (QED) is 0.149. The Balaban J connectivity index is 2.21. The number of urea groups is 1. The van der Waals surface area contributed by atoms with Gasteiger partial charge in [-0.05, 0) is 53.6 Å². The Morgan fingerprint density at radius 2 is 1.72 bits per heavy atom. The maximum atomic E-state index is 14.5. The first-order chi connectivity index (χ1) is 17.0. The molecule has 6 nitrogen and oxygen atoms in total. The monoisotopic (exact) mass is 619 g/mol. The van der Waals surface area contributed by atoms with E-state index in [9.17, 15) is 31.5 Å². The number of hydrogen-bond acceptors (Lipinski definition) is 4. The molecule has 0 aliphatic carbocycles. The lowest BCUT2D eigenvalue weighted by Crippen LogP contribution is -2.50.